The second kappa shape index (κ2) is 21.6. The van der Waals surface area contributed by atoms with Crippen LogP contribution in [0.5, 0.6) is 0 Å². The molecule has 3 aliphatic rings. The van der Waals surface area contributed by atoms with Crippen LogP contribution < -0.4 is 21.3 Å². The molecule has 1 saturated carbocycles. The molecular formula is C37H62N6O9. The summed E-state index contributed by atoms with van der Waals surface area (Å²) in [5.74, 6) is -1.84. The van der Waals surface area contributed by atoms with Crippen molar-refractivity contribution in [3.63, 3.8) is 0 Å². The lowest BCUT2D eigenvalue weighted by atomic mass is 9.84. The van der Waals surface area contributed by atoms with E-state index in [1.54, 1.807) is 11.8 Å². The molecule has 2 aliphatic heterocycles. The fourth-order valence-corrected chi connectivity index (χ4v) is 7.26. The molecule has 0 radical (unpaired) electrons. The van der Waals surface area contributed by atoms with Gasteiger partial charge in [0.15, 0.2) is 0 Å². The van der Waals surface area contributed by atoms with Crippen LogP contribution in [0.15, 0.2) is 0 Å². The molecule has 0 aromatic heterocycles. The molecule has 15 heteroatoms. The molecule has 0 bridgehead atoms. The van der Waals surface area contributed by atoms with Crippen molar-refractivity contribution < 1.29 is 43.5 Å². The zero-order valence-electron chi connectivity index (χ0n) is 32.0. The van der Waals surface area contributed by atoms with Crippen LogP contribution in [0, 0.1) is 11.3 Å². The third-order valence-electron chi connectivity index (χ3n) is 10.2. The summed E-state index contributed by atoms with van der Waals surface area (Å²) in [6.45, 7) is 11.7. The van der Waals surface area contributed by atoms with E-state index >= 15 is 0 Å². The lowest BCUT2D eigenvalue weighted by Crippen LogP contribution is -2.62. The highest BCUT2D eigenvalue weighted by Crippen LogP contribution is 2.29. The Morgan fingerprint density at radius 3 is 1.88 bits per heavy atom. The summed E-state index contributed by atoms with van der Waals surface area (Å²) in [6, 6.07) is -4.60. The van der Waals surface area contributed by atoms with Crippen LogP contribution in [-0.4, -0.2) is 112 Å². The summed E-state index contributed by atoms with van der Waals surface area (Å²) in [6.07, 6.45) is 9.79. The fraction of sp³-hybridized carbons (Fsp3) is 0.811. The molecule has 3 fully saturated rings. The van der Waals surface area contributed by atoms with Crippen LogP contribution in [-0.2, 0) is 38.4 Å². The minimum absolute atomic E-state index is 0.151. The average Bonchev–Trinajstić information content (AvgIpc) is 3.60. The number of carbonyl (C=O) groups excluding carboxylic acids is 8. The van der Waals surface area contributed by atoms with Crippen LogP contribution in [0.4, 0.5) is 0 Å². The summed E-state index contributed by atoms with van der Waals surface area (Å²) >= 11 is 0. The maximum absolute atomic E-state index is 14.1. The van der Waals surface area contributed by atoms with Crippen LogP contribution >= 0.6 is 0 Å². The Kier molecular flexibility index (Phi) is 18.4. The van der Waals surface area contributed by atoms with Gasteiger partial charge in [-0.1, -0.05) is 59.8 Å². The topological polar surface area (TPSA) is 211 Å². The summed E-state index contributed by atoms with van der Waals surface area (Å²) < 4.78 is 0. The molecule has 2 heterocycles. The number of piperidine rings is 1. The summed E-state index contributed by atoms with van der Waals surface area (Å²) in [4.78, 5) is 99.4. The van der Waals surface area contributed by atoms with E-state index in [2.05, 4.69) is 21.3 Å². The quantitative estimate of drug-likeness (QED) is 0.175. The van der Waals surface area contributed by atoms with Crippen LogP contribution in [0.2, 0.25) is 0 Å². The van der Waals surface area contributed by atoms with Gasteiger partial charge in [-0.15, -0.1) is 0 Å². The number of aliphatic hydroxyl groups excluding tert-OH is 1. The summed E-state index contributed by atoms with van der Waals surface area (Å²) in [7, 11) is 0. The molecule has 0 spiro atoms. The maximum Gasteiger partial charge on any atom is 0.373 e. The molecular weight excluding hydrogens is 672 g/mol. The molecule has 1 aliphatic carbocycles. The maximum atomic E-state index is 14.1. The van der Waals surface area contributed by atoms with Gasteiger partial charge in [0, 0.05) is 26.1 Å². The van der Waals surface area contributed by atoms with E-state index in [1.165, 1.54) is 31.1 Å². The number of hydrogen-bond donors (Lipinski definition) is 5. The highest BCUT2D eigenvalue weighted by molar-refractivity contribution is 5.96. The Bertz CT molecular complexity index is 1260. The van der Waals surface area contributed by atoms with Gasteiger partial charge in [0.1, 0.15) is 30.2 Å². The molecule has 2 saturated heterocycles. The van der Waals surface area contributed by atoms with Crippen molar-refractivity contribution in [2.75, 3.05) is 19.6 Å². The number of aliphatic hydroxyl groups is 1. The van der Waals surface area contributed by atoms with E-state index < -0.39 is 65.4 Å². The normalized spacial score (nSPS) is 21.6. The van der Waals surface area contributed by atoms with Crippen LogP contribution in [0.3, 0.4) is 0 Å². The van der Waals surface area contributed by atoms with Crippen molar-refractivity contribution in [3.05, 3.63) is 0 Å². The van der Waals surface area contributed by atoms with Gasteiger partial charge in [0.25, 0.3) is 0 Å². The first kappa shape index (κ1) is 44.3. The number of amides is 6. The van der Waals surface area contributed by atoms with Gasteiger partial charge in [-0.3, -0.25) is 28.8 Å². The average molecular weight is 735 g/mol. The predicted octanol–water partition coefficient (Wildman–Crippen LogP) is 1.56. The SMILES string of the molecule is CCCNC(=O)[C@@H](NC(=O)[C@@H]1CCCN1C(=O)[C@H](C)NC(=O)[C@@H]1CCCCN1C(=O)[C@@H](NC(=O)CCC1CCCCC1)C(C)(C)C)[C@@H](C)O.O=C=O. The lowest BCUT2D eigenvalue weighted by Gasteiger charge is -2.40. The highest BCUT2D eigenvalue weighted by Gasteiger charge is 2.43. The molecule has 0 aromatic rings. The Labute approximate surface area is 308 Å². The smallest absolute Gasteiger partial charge is 0.373 e. The second-order valence-electron chi connectivity index (χ2n) is 15.5. The third-order valence-corrected chi connectivity index (χ3v) is 10.2. The highest BCUT2D eigenvalue weighted by atomic mass is 16.3. The number of nitrogens with one attached hydrogen (secondary N) is 4. The van der Waals surface area contributed by atoms with Crippen molar-refractivity contribution in [2.24, 2.45) is 11.3 Å². The molecule has 6 atom stereocenters. The van der Waals surface area contributed by atoms with Crippen LogP contribution in [0.1, 0.15) is 125 Å². The Balaban J connectivity index is 0.00000301. The van der Waals surface area contributed by atoms with Crippen molar-refractivity contribution >= 4 is 41.6 Å². The number of likely N-dealkylation sites (tertiary alicyclic amines) is 2. The molecule has 0 unspecified atom stereocenters. The van der Waals surface area contributed by atoms with Gasteiger partial charge in [0.2, 0.25) is 35.4 Å². The first-order valence-electron chi connectivity index (χ1n) is 19.0. The monoisotopic (exact) mass is 734 g/mol. The van der Waals surface area contributed by atoms with Gasteiger partial charge < -0.3 is 36.2 Å². The van der Waals surface area contributed by atoms with Gasteiger partial charge >= 0.3 is 6.15 Å². The molecule has 3 rings (SSSR count). The third kappa shape index (κ3) is 13.3. The minimum Gasteiger partial charge on any atom is -0.391 e. The van der Waals surface area contributed by atoms with Gasteiger partial charge in [0.05, 0.1) is 6.10 Å². The van der Waals surface area contributed by atoms with E-state index in [1.807, 2.05) is 27.7 Å². The van der Waals surface area contributed by atoms with Gasteiger partial charge in [-0.25, -0.2) is 0 Å². The predicted molar refractivity (Wildman–Crippen MR) is 191 cm³/mol. The van der Waals surface area contributed by atoms with Gasteiger partial charge in [-0.05, 0) is 70.1 Å². The molecule has 0 aromatic carbocycles. The van der Waals surface area contributed by atoms with Crippen molar-refractivity contribution in [2.45, 2.75) is 161 Å². The largest absolute Gasteiger partial charge is 0.391 e. The first-order chi connectivity index (χ1) is 24.6. The Hall–Kier alpha value is -3.84. The van der Waals surface area contributed by atoms with E-state index in [0.717, 1.165) is 32.1 Å². The fourth-order valence-electron chi connectivity index (χ4n) is 7.26. The molecule has 52 heavy (non-hydrogen) atoms. The molecule has 6 amide bonds. The van der Waals surface area contributed by atoms with E-state index in [0.29, 0.717) is 57.7 Å². The zero-order chi connectivity index (χ0) is 39.0. The standard InChI is InChI=1S/C36H62N6O7.CO2/c1-7-20-37-33(47)29(24(3)43)40-32(46)27-17-13-22-41(27)34(48)23(2)38-31(45)26-16-11-12-21-42(26)35(49)30(36(4,5)6)39-28(44)19-18-25-14-9-8-10-15-25;2-1-3/h23-27,29-30,43H,7-22H2,1-6H3,(H,37,47)(H,38,45)(H,39,44)(H,40,46);/t23-,24+,26-,27-,29-,30+;/m0./s1. The van der Waals surface area contributed by atoms with E-state index in [-0.39, 0.29) is 18.0 Å². The number of rotatable bonds is 14. The first-order valence-corrected chi connectivity index (χ1v) is 19.0. The van der Waals surface area contributed by atoms with Crippen LogP contribution in [0.25, 0.3) is 0 Å². The van der Waals surface area contributed by atoms with Crippen molar-refractivity contribution in [1.82, 2.24) is 31.1 Å². The molecule has 5 N–H and O–H groups in total. The summed E-state index contributed by atoms with van der Waals surface area (Å²) in [5.41, 5.74) is -0.589. The molecule has 15 nitrogen and oxygen atoms in total. The van der Waals surface area contributed by atoms with Gasteiger partial charge in [-0.2, -0.15) is 9.59 Å². The van der Waals surface area contributed by atoms with Crippen molar-refractivity contribution in [1.29, 1.82) is 0 Å². The zero-order valence-corrected chi connectivity index (χ0v) is 32.0. The number of carbonyl (C=O) groups is 6. The Morgan fingerprint density at radius 1 is 0.769 bits per heavy atom. The second-order valence-corrected chi connectivity index (χ2v) is 15.5. The minimum atomic E-state index is -1.16. The Morgan fingerprint density at radius 2 is 1.31 bits per heavy atom. The lowest BCUT2D eigenvalue weighted by molar-refractivity contribution is -0.191. The van der Waals surface area contributed by atoms with E-state index in [4.69, 9.17) is 9.59 Å². The summed E-state index contributed by atoms with van der Waals surface area (Å²) in [5, 5.41) is 21.2. The molecule has 294 valence electrons. The van der Waals surface area contributed by atoms with E-state index in [9.17, 15) is 33.9 Å². The number of hydrogen-bond acceptors (Lipinski definition) is 9. The van der Waals surface area contributed by atoms with Crippen molar-refractivity contribution in [3.8, 4) is 0 Å². The number of nitrogens with zero attached hydrogens (tertiary/aromatic N) is 2.